The van der Waals surface area contributed by atoms with E-state index < -0.39 is 0 Å². The fraction of sp³-hybridized carbons (Fsp3) is 0.800. The predicted molar refractivity (Wildman–Crippen MR) is 100 cm³/mol. The molecule has 0 radical (unpaired) electrons. The van der Waals surface area contributed by atoms with Crippen molar-refractivity contribution in [1.29, 1.82) is 0 Å². The fourth-order valence-corrected chi connectivity index (χ4v) is 4.50. The zero-order chi connectivity index (χ0) is 17.6. The Balaban J connectivity index is 1.37. The average Bonchev–Trinajstić information content (AvgIpc) is 3.07. The SMILES string of the molecule is CN(CCCc1cnn(C)c1)C(=O)C1CCN(C2CCCCC2)CC1. The van der Waals surface area contributed by atoms with Crippen molar-refractivity contribution in [3.05, 3.63) is 18.0 Å². The molecule has 0 aromatic carbocycles. The Morgan fingerprint density at radius 2 is 1.92 bits per heavy atom. The third kappa shape index (κ3) is 5.06. The number of piperidine rings is 1. The molecule has 5 nitrogen and oxygen atoms in total. The molecule has 2 aliphatic rings. The number of rotatable bonds is 6. The molecule has 5 heteroatoms. The molecular formula is C20H34N4O. The molecule has 1 saturated carbocycles. The average molecular weight is 347 g/mol. The van der Waals surface area contributed by atoms with Crippen molar-refractivity contribution in [2.75, 3.05) is 26.7 Å². The Hall–Kier alpha value is -1.36. The molecule has 2 fully saturated rings. The Labute approximate surface area is 152 Å². The van der Waals surface area contributed by atoms with E-state index in [1.807, 2.05) is 29.9 Å². The minimum Gasteiger partial charge on any atom is -0.346 e. The van der Waals surface area contributed by atoms with Gasteiger partial charge in [0.1, 0.15) is 0 Å². The van der Waals surface area contributed by atoms with Gasteiger partial charge in [0.2, 0.25) is 5.91 Å². The Kier molecular flexibility index (Phi) is 6.51. The highest BCUT2D eigenvalue weighted by Crippen LogP contribution is 2.27. The molecular weight excluding hydrogens is 312 g/mol. The monoisotopic (exact) mass is 346 g/mol. The first kappa shape index (κ1) is 18.4. The summed E-state index contributed by atoms with van der Waals surface area (Å²) in [6.45, 7) is 3.08. The number of aryl methyl sites for hydroxylation is 2. The standard InChI is InChI=1S/C20H34N4O/c1-22(12-6-7-17-15-21-23(2)16-17)20(25)18-10-13-24(14-11-18)19-8-4-3-5-9-19/h15-16,18-19H,3-14H2,1-2H3. The number of nitrogens with zero attached hydrogens (tertiary/aromatic N) is 4. The van der Waals surface area contributed by atoms with E-state index in [9.17, 15) is 4.79 Å². The summed E-state index contributed by atoms with van der Waals surface area (Å²) >= 11 is 0. The molecule has 1 aliphatic carbocycles. The molecule has 1 aromatic heterocycles. The lowest BCUT2D eigenvalue weighted by molar-refractivity contribution is -0.136. The summed E-state index contributed by atoms with van der Waals surface area (Å²) in [7, 11) is 3.91. The van der Waals surface area contributed by atoms with E-state index in [1.165, 1.54) is 37.7 Å². The maximum atomic E-state index is 12.7. The van der Waals surface area contributed by atoms with E-state index in [0.29, 0.717) is 5.91 Å². The summed E-state index contributed by atoms with van der Waals surface area (Å²) in [4.78, 5) is 17.3. The van der Waals surface area contributed by atoms with Gasteiger partial charge in [-0.3, -0.25) is 9.48 Å². The predicted octanol–water partition coefficient (Wildman–Crippen LogP) is 2.86. The van der Waals surface area contributed by atoms with Gasteiger partial charge in [-0.1, -0.05) is 19.3 Å². The second-order valence-electron chi connectivity index (χ2n) is 7.99. The van der Waals surface area contributed by atoms with Crippen LogP contribution in [0.25, 0.3) is 0 Å². The van der Waals surface area contributed by atoms with Crippen molar-refractivity contribution in [3.8, 4) is 0 Å². The van der Waals surface area contributed by atoms with Gasteiger partial charge in [-0.15, -0.1) is 0 Å². The van der Waals surface area contributed by atoms with Gasteiger partial charge >= 0.3 is 0 Å². The topological polar surface area (TPSA) is 41.4 Å². The van der Waals surface area contributed by atoms with Crippen LogP contribution in [0.2, 0.25) is 0 Å². The molecule has 1 aliphatic heterocycles. The lowest BCUT2D eigenvalue weighted by Gasteiger charge is -2.39. The molecule has 25 heavy (non-hydrogen) atoms. The first-order valence-corrected chi connectivity index (χ1v) is 10.1. The van der Waals surface area contributed by atoms with Crippen molar-refractivity contribution in [2.24, 2.45) is 13.0 Å². The highest BCUT2D eigenvalue weighted by atomic mass is 16.2. The van der Waals surface area contributed by atoms with Crippen LogP contribution in [0.4, 0.5) is 0 Å². The molecule has 1 amide bonds. The van der Waals surface area contributed by atoms with Gasteiger partial charge in [0, 0.05) is 38.8 Å². The van der Waals surface area contributed by atoms with Gasteiger partial charge in [-0.2, -0.15) is 5.10 Å². The van der Waals surface area contributed by atoms with Crippen LogP contribution in [0.3, 0.4) is 0 Å². The molecule has 1 saturated heterocycles. The van der Waals surface area contributed by atoms with Crippen LogP contribution >= 0.6 is 0 Å². The molecule has 0 N–H and O–H groups in total. The van der Waals surface area contributed by atoms with Crippen molar-refractivity contribution < 1.29 is 4.79 Å². The van der Waals surface area contributed by atoms with Crippen molar-refractivity contribution in [1.82, 2.24) is 19.6 Å². The minimum absolute atomic E-state index is 0.239. The number of hydrogen-bond acceptors (Lipinski definition) is 3. The second kappa shape index (κ2) is 8.84. The Bertz CT molecular complexity index is 542. The summed E-state index contributed by atoms with van der Waals surface area (Å²) in [6.07, 6.45) is 15.0. The summed E-state index contributed by atoms with van der Waals surface area (Å²) in [5.41, 5.74) is 1.25. The Morgan fingerprint density at radius 3 is 2.56 bits per heavy atom. The fourth-order valence-electron chi connectivity index (χ4n) is 4.50. The van der Waals surface area contributed by atoms with Gasteiger partial charge in [0.15, 0.2) is 0 Å². The number of likely N-dealkylation sites (tertiary alicyclic amines) is 1. The van der Waals surface area contributed by atoms with Crippen molar-refractivity contribution >= 4 is 5.91 Å². The van der Waals surface area contributed by atoms with E-state index in [2.05, 4.69) is 16.2 Å². The molecule has 140 valence electrons. The van der Waals surface area contributed by atoms with Gasteiger partial charge in [0.05, 0.1) is 6.20 Å². The summed E-state index contributed by atoms with van der Waals surface area (Å²) < 4.78 is 1.84. The van der Waals surface area contributed by atoms with Crippen LogP contribution in [-0.4, -0.2) is 58.2 Å². The smallest absolute Gasteiger partial charge is 0.225 e. The van der Waals surface area contributed by atoms with Gasteiger partial charge in [-0.25, -0.2) is 0 Å². The zero-order valence-electron chi connectivity index (χ0n) is 16.0. The molecule has 0 atom stereocenters. The zero-order valence-corrected chi connectivity index (χ0v) is 16.0. The second-order valence-corrected chi connectivity index (χ2v) is 7.99. The largest absolute Gasteiger partial charge is 0.346 e. The van der Waals surface area contributed by atoms with Crippen LogP contribution in [0.5, 0.6) is 0 Å². The van der Waals surface area contributed by atoms with Crippen molar-refractivity contribution in [2.45, 2.75) is 63.8 Å². The number of carbonyl (C=O) groups is 1. The number of aromatic nitrogens is 2. The van der Waals surface area contributed by atoms with E-state index in [4.69, 9.17) is 0 Å². The molecule has 3 rings (SSSR count). The lowest BCUT2D eigenvalue weighted by atomic mass is 9.89. The first-order chi connectivity index (χ1) is 12.1. The van der Waals surface area contributed by atoms with E-state index in [-0.39, 0.29) is 5.92 Å². The van der Waals surface area contributed by atoms with E-state index in [0.717, 1.165) is 51.4 Å². The Morgan fingerprint density at radius 1 is 1.20 bits per heavy atom. The maximum absolute atomic E-state index is 12.7. The third-order valence-corrected chi connectivity index (χ3v) is 6.06. The van der Waals surface area contributed by atoms with Crippen LogP contribution < -0.4 is 0 Å². The number of hydrogen-bond donors (Lipinski definition) is 0. The summed E-state index contributed by atoms with van der Waals surface area (Å²) in [5, 5.41) is 4.20. The van der Waals surface area contributed by atoms with Crippen molar-refractivity contribution in [3.63, 3.8) is 0 Å². The molecule has 1 aromatic rings. The van der Waals surface area contributed by atoms with Gasteiger partial charge < -0.3 is 9.80 Å². The van der Waals surface area contributed by atoms with Gasteiger partial charge in [0.25, 0.3) is 0 Å². The van der Waals surface area contributed by atoms with E-state index >= 15 is 0 Å². The first-order valence-electron chi connectivity index (χ1n) is 10.1. The maximum Gasteiger partial charge on any atom is 0.225 e. The molecule has 0 unspecified atom stereocenters. The normalized spacial score (nSPS) is 20.7. The van der Waals surface area contributed by atoms with Crippen LogP contribution in [0.15, 0.2) is 12.4 Å². The number of carbonyl (C=O) groups excluding carboxylic acids is 1. The quantitative estimate of drug-likeness (QED) is 0.795. The third-order valence-electron chi connectivity index (χ3n) is 6.06. The molecule has 0 spiro atoms. The lowest BCUT2D eigenvalue weighted by Crippen LogP contribution is -2.45. The van der Waals surface area contributed by atoms with E-state index in [1.54, 1.807) is 0 Å². The van der Waals surface area contributed by atoms with Crippen LogP contribution in [0.1, 0.15) is 56.9 Å². The van der Waals surface area contributed by atoms with Gasteiger partial charge in [-0.05, 0) is 57.2 Å². The molecule has 0 bridgehead atoms. The number of amides is 1. The highest BCUT2D eigenvalue weighted by molar-refractivity contribution is 5.78. The van der Waals surface area contributed by atoms with Crippen LogP contribution in [0, 0.1) is 5.92 Å². The molecule has 2 heterocycles. The highest BCUT2D eigenvalue weighted by Gasteiger charge is 2.30. The van der Waals surface area contributed by atoms with Crippen LogP contribution in [-0.2, 0) is 18.3 Å². The summed E-state index contributed by atoms with van der Waals surface area (Å²) in [5.74, 6) is 0.595. The summed E-state index contributed by atoms with van der Waals surface area (Å²) in [6, 6.07) is 0.794. The minimum atomic E-state index is 0.239.